The molecule has 9 heteroatoms. The average molecular weight is 357 g/mol. The largest absolute Gasteiger partial charge is 0.493 e. The second-order valence-electron chi connectivity index (χ2n) is 4.60. The maximum atomic E-state index is 10.5. The van der Waals surface area contributed by atoms with Gasteiger partial charge < -0.3 is 9.47 Å². The highest BCUT2D eigenvalue weighted by atomic mass is 32.2. The van der Waals surface area contributed by atoms with Crippen LogP contribution in [0.5, 0.6) is 11.5 Å². The first-order chi connectivity index (χ1) is 11.2. The summed E-state index contributed by atoms with van der Waals surface area (Å²) in [5.41, 5.74) is 0.803. The molecule has 0 aliphatic heterocycles. The molecule has 23 heavy (non-hydrogen) atoms. The van der Waals surface area contributed by atoms with Crippen molar-refractivity contribution in [1.29, 1.82) is 0 Å². The molecule has 1 aromatic carbocycles. The van der Waals surface area contributed by atoms with E-state index in [0.717, 1.165) is 34.5 Å². The molecule has 0 fully saturated rings. The molecule has 2 N–H and O–H groups in total. The minimum atomic E-state index is -1.94. The zero-order chi connectivity index (χ0) is 16.7. The van der Waals surface area contributed by atoms with E-state index in [1.807, 2.05) is 12.1 Å². The Morgan fingerprint density at radius 1 is 1.22 bits per heavy atom. The van der Waals surface area contributed by atoms with E-state index in [4.69, 9.17) is 14.0 Å². The van der Waals surface area contributed by atoms with Crippen LogP contribution >= 0.6 is 11.8 Å². The number of benzene rings is 1. The van der Waals surface area contributed by atoms with Crippen LogP contribution in [0.15, 0.2) is 23.5 Å². The Labute approximate surface area is 141 Å². The predicted octanol–water partition coefficient (Wildman–Crippen LogP) is 2.25. The zero-order valence-electron chi connectivity index (χ0n) is 12.9. The minimum absolute atomic E-state index is 0.513. The van der Waals surface area contributed by atoms with Gasteiger partial charge in [-0.1, -0.05) is 0 Å². The second-order valence-corrected chi connectivity index (χ2v) is 6.47. The topological polar surface area (TPSA) is 93.6 Å². The van der Waals surface area contributed by atoms with Gasteiger partial charge in [-0.3, -0.25) is 4.55 Å². The molecule has 2 aromatic rings. The number of hydrogen-bond acceptors (Lipinski definition) is 6. The first kappa shape index (κ1) is 17.9. The highest BCUT2D eigenvalue weighted by Crippen LogP contribution is 2.34. The number of unbranched alkanes of at least 4 members (excludes halogenated alkanes) is 1. The maximum absolute atomic E-state index is 10.5. The molecule has 0 aliphatic carbocycles. The maximum Gasteiger partial charge on any atom is 0.231 e. The third kappa shape index (κ3) is 5.03. The molecule has 1 atom stereocenters. The van der Waals surface area contributed by atoms with E-state index in [9.17, 15) is 4.21 Å². The summed E-state index contributed by atoms with van der Waals surface area (Å²) in [4.78, 5) is 8.61. The normalized spacial score (nSPS) is 12.3. The van der Waals surface area contributed by atoms with Crippen LogP contribution in [0.2, 0.25) is 0 Å². The van der Waals surface area contributed by atoms with Crippen molar-refractivity contribution >= 4 is 33.9 Å². The van der Waals surface area contributed by atoms with Crippen molar-refractivity contribution in [2.45, 2.75) is 17.9 Å². The molecule has 7 nitrogen and oxygen atoms in total. The van der Waals surface area contributed by atoms with Crippen LogP contribution in [0.3, 0.4) is 0 Å². The van der Waals surface area contributed by atoms with Crippen molar-refractivity contribution in [3.05, 3.63) is 18.5 Å². The van der Waals surface area contributed by atoms with Gasteiger partial charge in [-0.25, -0.2) is 18.9 Å². The molecule has 1 unspecified atom stereocenters. The summed E-state index contributed by atoms with van der Waals surface area (Å²) in [6.07, 6.45) is 3.26. The van der Waals surface area contributed by atoms with Gasteiger partial charge in [0.25, 0.3) is 0 Å². The van der Waals surface area contributed by atoms with Gasteiger partial charge in [0.2, 0.25) is 11.3 Å². The Morgan fingerprint density at radius 3 is 2.65 bits per heavy atom. The van der Waals surface area contributed by atoms with E-state index in [1.165, 1.54) is 6.33 Å². The summed E-state index contributed by atoms with van der Waals surface area (Å²) >= 11 is -0.308. The van der Waals surface area contributed by atoms with Crippen molar-refractivity contribution in [3.8, 4) is 11.5 Å². The van der Waals surface area contributed by atoms with E-state index >= 15 is 0 Å². The van der Waals surface area contributed by atoms with Crippen LogP contribution in [-0.4, -0.2) is 45.2 Å². The summed E-state index contributed by atoms with van der Waals surface area (Å²) in [5, 5.41) is 1.80. The number of rotatable bonds is 9. The van der Waals surface area contributed by atoms with Crippen molar-refractivity contribution in [2.75, 3.05) is 26.5 Å². The fourth-order valence-corrected chi connectivity index (χ4v) is 3.33. The van der Waals surface area contributed by atoms with Gasteiger partial charge in [0.15, 0.2) is 11.5 Å². The molecule has 0 saturated heterocycles. The van der Waals surface area contributed by atoms with E-state index in [0.29, 0.717) is 18.0 Å². The lowest BCUT2D eigenvalue weighted by atomic mass is 10.2. The molecular weight excluding hydrogens is 338 g/mol. The number of aromatic nitrogens is 2. The summed E-state index contributed by atoms with van der Waals surface area (Å²) in [5.74, 6) is 2.14. The fraction of sp³-hybridized carbons (Fsp3) is 0.429. The van der Waals surface area contributed by atoms with Crippen LogP contribution in [0.1, 0.15) is 12.8 Å². The SMILES string of the molecule is COc1cc2ncnc(SCCCCNS(=O)O)c2cc1OC. The molecule has 0 saturated carbocycles. The summed E-state index contributed by atoms with van der Waals surface area (Å²) in [6, 6.07) is 3.72. The van der Waals surface area contributed by atoms with Crippen LogP contribution in [0, 0.1) is 0 Å². The van der Waals surface area contributed by atoms with Gasteiger partial charge in [0.1, 0.15) is 11.4 Å². The smallest absolute Gasteiger partial charge is 0.231 e. The van der Waals surface area contributed by atoms with Gasteiger partial charge in [0, 0.05) is 18.0 Å². The molecular formula is C14H19N3O4S2. The number of thioether (sulfide) groups is 1. The third-order valence-corrected chi connectivity index (χ3v) is 4.68. The first-order valence-electron chi connectivity index (χ1n) is 6.99. The molecule has 0 aliphatic rings. The zero-order valence-corrected chi connectivity index (χ0v) is 14.6. The Bertz CT molecular complexity index is 684. The van der Waals surface area contributed by atoms with E-state index in [-0.39, 0.29) is 0 Å². The van der Waals surface area contributed by atoms with Gasteiger partial charge in [-0.05, 0) is 24.7 Å². The number of ether oxygens (including phenoxy) is 2. The molecule has 0 radical (unpaired) electrons. The summed E-state index contributed by atoms with van der Waals surface area (Å²) in [6.45, 7) is 0.513. The Kier molecular flexibility index (Phi) is 7.03. The van der Waals surface area contributed by atoms with E-state index < -0.39 is 11.3 Å². The lowest BCUT2D eigenvalue weighted by Crippen LogP contribution is -2.17. The quantitative estimate of drug-likeness (QED) is 0.308. The van der Waals surface area contributed by atoms with Gasteiger partial charge >= 0.3 is 0 Å². The summed E-state index contributed by atoms with van der Waals surface area (Å²) < 4.78 is 32.2. The molecule has 0 amide bonds. The van der Waals surface area contributed by atoms with Crippen LogP contribution < -0.4 is 14.2 Å². The van der Waals surface area contributed by atoms with Crippen molar-refractivity contribution in [3.63, 3.8) is 0 Å². The van der Waals surface area contributed by atoms with E-state index in [2.05, 4.69) is 14.7 Å². The molecule has 1 aromatic heterocycles. The Balaban J connectivity index is 2.04. The van der Waals surface area contributed by atoms with Gasteiger partial charge in [-0.15, -0.1) is 11.8 Å². The lowest BCUT2D eigenvalue weighted by molar-refractivity contribution is 0.355. The number of nitrogens with one attached hydrogen (secondary N) is 1. The monoisotopic (exact) mass is 357 g/mol. The second kappa shape index (κ2) is 9.02. The Morgan fingerprint density at radius 2 is 1.96 bits per heavy atom. The van der Waals surface area contributed by atoms with Crippen molar-refractivity contribution in [1.82, 2.24) is 14.7 Å². The summed E-state index contributed by atoms with van der Waals surface area (Å²) in [7, 11) is 3.19. The lowest BCUT2D eigenvalue weighted by Gasteiger charge is -2.10. The van der Waals surface area contributed by atoms with Gasteiger partial charge in [-0.2, -0.15) is 0 Å². The fourth-order valence-electron chi connectivity index (χ4n) is 2.03. The number of methoxy groups -OCH3 is 2. The highest BCUT2D eigenvalue weighted by molar-refractivity contribution is 7.99. The van der Waals surface area contributed by atoms with E-state index in [1.54, 1.807) is 26.0 Å². The van der Waals surface area contributed by atoms with Gasteiger partial charge in [0.05, 0.1) is 19.7 Å². The van der Waals surface area contributed by atoms with Crippen LogP contribution in [-0.2, 0) is 11.3 Å². The van der Waals surface area contributed by atoms with Crippen molar-refractivity contribution < 1.29 is 18.2 Å². The number of hydrogen-bond donors (Lipinski definition) is 2. The van der Waals surface area contributed by atoms with Crippen LogP contribution in [0.4, 0.5) is 0 Å². The third-order valence-electron chi connectivity index (χ3n) is 3.14. The minimum Gasteiger partial charge on any atom is -0.493 e. The number of fused-ring (bicyclic) bond motifs is 1. The molecule has 126 valence electrons. The van der Waals surface area contributed by atoms with Crippen molar-refractivity contribution in [2.24, 2.45) is 0 Å². The average Bonchev–Trinajstić information content (AvgIpc) is 2.56. The molecule has 2 rings (SSSR count). The molecule has 0 spiro atoms. The number of nitrogens with zero attached hydrogens (tertiary/aromatic N) is 2. The first-order valence-corrected chi connectivity index (χ1v) is 9.09. The van der Waals surface area contributed by atoms with Crippen LogP contribution in [0.25, 0.3) is 10.9 Å². The highest BCUT2D eigenvalue weighted by Gasteiger charge is 2.11. The molecule has 0 bridgehead atoms. The standard InChI is InChI=1S/C14H19N3O4S2/c1-20-12-7-10-11(8-13(12)21-2)15-9-16-14(10)22-6-4-3-5-17-23(18)19/h7-9,17H,3-6H2,1-2H3,(H,18,19). The molecule has 1 heterocycles. The predicted molar refractivity (Wildman–Crippen MR) is 91.4 cm³/mol. The Hall–Kier alpha value is -1.42.